The molecule has 0 saturated heterocycles. The van der Waals surface area contributed by atoms with Gasteiger partial charge in [-0.15, -0.1) is 0 Å². The lowest BCUT2D eigenvalue weighted by Crippen LogP contribution is -2.03. The van der Waals surface area contributed by atoms with Gasteiger partial charge in [-0.3, -0.25) is 0 Å². The minimum Gasteiger partial charge on any atom is -0.504 e. The molecule has 0 saturated carbocycles. The molecule has 0 bridgehead atoms. The van der Waals surface area contributed by atoms with E-state index in [2.05, 4.69) is 32.9 Å². The number of aryl methyl sites for hydroxylation is 1. The Morgan fingerprint density at radius 3 is 1.88 bits per heavy atom. The van der Waals surface area contributed by atoms with Crippen LogP contribution in [0, 0.1) is 5.92 Å². The van der Waals surface area contributed by atoms with Crippen LogP contribution in [0.25, 0.3) is 0 Å². The normalized spacial score (nSPS) is 12.1. The van der Waals surface area contributed by atoms with Crippen LogP contribution in [0.3, 0.4) is 0 Å². The largest absolute Gasteiger partial charge is 0.504 e. The van der Waals surface area contributed by atoms with Gasteiger partial charge in [0.15, 0.2) is 11.5 Å². The van der Waals surface area contributed by atoms with Gasteiger partial charge >= 0.3 is 0 Å². The van der Waals surface area contributed by atoms with Crippen molar-refractivity contribution in [2.75, 3.05) is 0 Å². The maximum atomic E-state index is 10.3. The van der Waals surface area contributed by atoms with Crippen LogP contribution in [-0.2, 0) is 12.8 Å². The summed E-state index contributed by atoms with van der Waals surface area (Å²) >= 11 is 0. The predicted octanol–water partition coefficient (Wildman–Crippen LogP) is 10.4. The van der Waals surface area contributed by atoms with Gasteiger partial charge in [0.1, 0.15) is 5.75 Å². The Morgan fingerprint density at radius 2 is 1.26 bits per heavy atom. The fraction of sp³-hybridized carbons (Fsp3) is 0.625. The fourth-order valence-electron chi connectivity index (χ4n) is 4.71. The van der Waals surface area contributed by atoms with Crippen LogP contribution in [0.4, 0.5) is 0 Å². The molecule has 1 unspecified atom stereocenters. The lowest BCUT2D eigenvalue weighted by atomic mass is 9.92. The van der Waals surface area contributed by atoms with Crippen molar-refractivity contribution in [2.24, 2.45) is 5.92 Å². The lowest BCUT2D eigenvalue weighted by Gasteiger charge is -2.16. The van der Waals surface area contributed by atoms with Crippen LogP contribution in [0.15, 0.2) is 42.5 Å². The third kappa shape index (κ3) is 11.4. The number of phenolic OH excluding ortho intramolecular Hbond substituents is 1. The van der Waals surface area contributed by atoms with Crippen molar-refractivity contribution < 1.29 is 9.84 Å². The predicted molar refractivity (Wildman–Crippen MR) is 147 cm³/mol. The van der Waals surface area contributed by atoms with Gasteiger partial charge in [-0.1, -0.05) is 122 Å². The number of phenols is 1. The van der Waals surface area contributed by atoms with E-state index in [1.165, 1.54) is 101 Å². The molecule has 0 aromatic heterocycles. The molecule has 2 nitrogen and oxygen atoms in total. The Morgan fingerprint density at radius 1 is 0.676 bits per heavy atom. The van der Waals surface area contributed by atoms with Crippen LogP contribution >= 0.6 is 0 Å². The zero-order valence-corrected chi connectivity index (χ0v) is 22.3. The van der Waals surface area contributed by atoms with E-state index in [1.807, 2.05) is 24.3 Å². The van der Waals surface area contributed by atoms with Gasteiger partial charge < -0.3 is 9.84 Å². The molecule has 0 aliphatic heterocycles. The molecule has 0 heterocycles. The van der Waals surface area contributed by atoms with Crippen LogP contribution in [0.1, 0.15) is 122 Å². The highest BCUT2D eigenvalue weighted by Crippen LogP contribution is 2.33. The van der Waals surface area contributed by atoms with Crippen LogP contribution in [0.2, 0.25) is 0 Å². The van der Waals surface area contributed by atoms with E-state index >= 15 is 0 Å². The SMILES string of the molecule is CCCCCCCCCCCCc1ccc(Oc2cc(CC(CC)CCCC)ccc2O)cc1. The van der Waals surface area contributed by atoms with Gasteiger partial charge in [-0.05, 0) is 60.6 Å². The van der Waals surface area contributed by atoms with Crippen LogP contribution < -0.4 is 4.74 Å². The topological polar surface area (TPSA) is 29.5 Å². The van der Waals surface area contributed by atoms with Crippen molar-refractivity contribution >= 4 is 0 Å². The fourth-order valence-corrected chi connectivity index (χ4v) is 4.71. The molecule has 1 N–H and O–H groups in total. The zero-order valence-electron chi connectivity index (χ0n) is 22.3. The number of hydrogen-bond donors (Lipinski definition) is 1. The number of hydrogen-bond acceptors (Lipinski definition) is 2. The summed E-state index contributed by atoms with van der Waals surface area (Å²) in [6.07, 6.45) is 20.9. The second-order valence-electron chi connectivity index (χ2n) is 10.1. The first-order chi connectivity index (χ1) is 16.7. The summed E-state index contributed by atoms with van der Waals surface area (Å²) in [5.74, 6) is 2.25. The highest BCUT2D eigenvalue weighted by Gasteiger charge is 2.11. The second kappa shape index (κ2) is 17.5. The lowest BCUT2D eigenvalue weighted by molar-refractivity contribution is 0.408. The van der Waals surface area contributed by atoms with Gasteiger partial charge in [0.2, 0.25) is 0 Å². The van der Waals surface area contributed by atoms with Crippen molar-refractivity contribution in [3.05, 3.63) is 53.6 Å². The summed E-state index contributed by atoms with van der Waals surface area (Å²) in [5, 5.41) is 10.3. The first-order valence-electron chi connectivity index (χ1n) is 14.2. The maximum Gasteiger partial charge on any atom is 0.169 e. The van der Waals surface area contributed by atoms with E-state index in [0.29, 0.717) is 11.7 Å². The molecule has 0 aliphatic rings. The van der Waals surface area contributed by atoms with Gasteiger partial charge in [-0.2, -0.15) is 0 Å². The molecule has 1 atom stereocenters. The summed E-state index contributed by atoms with van der Waals surface area (Å²) in [6.45, 7) is 6.80. The van der Waals surface area contributed by atoms with Gasteiger partial charge in [0.05, 0.1) is 0 Å². The van der Waals surface area contributed by atoms with E-state index in [-0.39, 0.29) is 5.75 Å². The average Bonchev–Trinajstić information content (AvgIpc) is 2.85. The number of aromatic hydroxyl groups is 1. The summed E-state index contributed by atoms with van der Waals surface area (Å²) in [7, 11) is 0. The van der Waals surface area contributed by atoms with E-state index in [0.717, 1.165) is 18.6 Å². The van der Waals surface area contributed by atoms with Crippen molar-refractivity contribution in [3.63, 3.8) is 0 Å². The minimum absolute atomic E-state index is 0.208. The summed E-state index contributed by atoms with van der Waals surface area (Å²) < 4.78 is 6.06. The molecule has 2 rings (SSSR count). The van der Waals surface area contributed by atoms with Gasteiger partial charge in [0.25, 0.3) is 0 Å². The summed E-state index contributed by atoms with van der Waals surface area (Å²) in [6, 6.07) is 14.2. The third-order valence-electron chi connectivity index (χ3n) is 7.06. The highest BCUT2D eigenvalue weighted by molar-refractivity contribution is 5.45. The van der Waals surface area contributed by atoms with E-state index in [1.54, 1.807) is 6.07 Å². The highest BCUT2D eigenvalue weighted by atomic mass is 16.5. The molecule has 2 aromatic carbocycles. The minimum atomic E-state index is 0.208. The maximum absolute atomic E-state index is 10.3. The Balaban J connectivity index is 1.73. The Hall–Kier alpha value is -1.96. The molecular formula is C32H50O2. The Bertz CT molecular complexity index is 765. The molecule has 0 amide bonds. The van der Waals surface area contributed by atoms with Gasteiger partial charge in [0, 0.05) is 0 Å². The standard InChI is InChI=1S/C32H50O2/c1-4-7-9-10-11-12-13-14-15-16-18-28-19-22-30(23-20-28)34-32-26-29(21-24-31(32)33)25-27(6-3)17-8-5-2/h19-24,26-27,33H,4-18,25H2,1-3H3. The van der Waals surface area contributed by atoms with Crippen LogP contribution in [0.5, 0.6) is 17.2 Å². The first-order valence-corrected chi connectivity index (χ1v) is 14.2. The molecule has 0 fully saturated rings. The van der Waals surface area contributed by atoms with Gasteiger partial charge in [-0.25, -0.2) is 0 Å². The zero-order chi connectivity index (χ0) is 24.4. The quantitative estimate of drug-likeness (QED) is 0.209. The number of benzene rings is 2. The molecule has 2 heteroatoms. The third-order valence-corrected chi connectivity index (χ3v) is 7.06. The number of unbranched alkanes of at least 4 members (excludes halogenated alkanes) is 10. The summed E-state index contributed by atoms with van der Waals surface area (Å²) in [5.41, 5.74) is 2.61. The molecule has 190 valence electrons. The second-order valence-corrected chi connectivity index (χ2v) is 10.1. The molecule has 2 aromatic rings. The Kier molecular flexibility index (Phi) is 14.5. The molecular weight excluding hydrogens is 416 g/mol. The van der Waals surface area contributed by atoms with Crippen molar-refractivity contribution in [1.29, 1.82) is 0 Å². The van der Waals surface area contributed by atoms with Crippen LogP contribution in [-0.4, -0.2) is 5.11 Å². The first kappa shape index (κ1) is 28.3. The number of ether oxygens (including phenoxy) is 1. The molecule has 0 spiro atoms. The Labute approximate surface area is 210 Å². The van der Waals surface area contributed by atoms with Crippen molar-refractivity contribution in [3.8, 4) is 17.2 Å². The monoisotopic (exact) mass is 466 g/mol. The average molecular weight is 467 g/mol. The summed E-state index contributed by atoms with van der Waals surface area (Å²) in [4.78, 5) is 0. The molecule has 0 radical (unpaired) electrons. The molecule has 0 aliphatic carbocycles. The van der Waals surface area contributed by atoms with E-state index in [4.69, 9.17) is 4.74 Å². The van der Waals surface area contributed by atoms with Crippen molar-refractivity contribution in [2.45, 2.75) is 124 Å². The molecule has 34 heavy (non-hydrogen) atoms. The van der Waals surface area contributed by atoms with E-state index < -0.39 is 0 Å². The smallest absolute Gasteiger partial charge is 0.169 e. The van der Waals surface area contributed by atoms with Crippen molar-refractivity contribution in [1.82, 2.24) is 0 Å². The van der Waals surface area contributed by atoms with E-state index in [9.17, 15) is 5.11 Å². The number of rotatable bonds is 19.